The summed E-state index contributed by atoms with van der Waals surface area (Å²) in [5.41, 5.74) is 0. The Kier molecular flexibility index (Phi) is 3.97. The summed E-state index contributed by atoms with van der Waals surface area (Å²) < 4.78 is 32.1. The van der Waals surface area contributed by atoms with Crippen molar-refractivity contribution >= 4 is 21.4 Å². The van der Waals surface area contributed by atoms with E-state index in [9.17, 15) is 8.42 Å². The Morgan fingerprint density at radius 2 is 2.05 bits per heavy atom. The molecule has 1 aliphatic rings. The molecule has 3 rings (SSSR count). The summed E-state index contributed by atoms with van der Waals surface area (Å²) in [5, 5.41) is 0.762. The van der Waals surface area contributed by atoms with Crippen LogP contribution in [-0.2, 0) is 10.0 Å². The fraction of sp³-hybridized carbons (Fsp3) is 0.357. The van der Waals surface area contributed by atoms with Gasteiger partial charge in [-0.2, -0.15) is 4.31 Å². The van der Waals surface area contributed by atoms with Crippen molar-refractivity contribution in [3.05, 3.63) is 41.5 Å². The van der Waals surface area contributed by atoms with E-state index >= 15 is 0 Å². The lowest BCUT2D eigenvalue weighted by Gasteiger charge is -2.37. The second-order valence-corrected chi connectivity index (χ2v) is 8.41. The number of nitrogens with zero attached hydrogens (tertiary/aromatic N) is 2. The van der Waals surface area contributed by atoms with Crippen LogP contribution in [0.3, 0.4) is 0 Å². The Bertz CT molecular complexity index is 707. The molecular formula is C14H16N2O3S2. The Labute approximate surface area is 128 Å². The third kappa shape index (κ3) is 3.09. The molecule has 5 nitrogen and oxygen atoms in total. The SMILES string of the molecule is Cc1ncc(S(=O)(=O)N2CC(COc3ccccc3)C2)s1. The van der Waals surface area contributed by atoms with E-state index in [4.69, 9.17) is 4.74 Å². The minimum atomic E-state index is -3.36. The number of hydrogen-bond acceptors (Lipinski definition) is 5. The van der Waals surface area contributed by atoms with Crippen molar-refractivity contribution in [3.8, 4) is 5.75 Å². The van der Waals surface area contributed by atoms with Gasteiger partial charge in [0.1, 0.15) is 5.75 Å². The van der Waals surface area contributed by atoms with Gasteiger partial charge in [0.15, 0.2) is 4.21 Å². The molecule has 0 amide bonds. The van der Waals surface area contributed by atoms with E-state index in [1.54, 1.807) is 6.92 Å². The molecule has 21 heavy (non-hydrogen) atoms. The molecule has 1 aliphatic heterocycles. The number of benzene rings is 1. The van der Waals surface area contributed by atoms with Crippen LogP contribution < -0.4 is 4.74 Å². The number of sulfonamides is 1. The van der Waals surface area contributed by atoms with Crippen molar-refractivity contribution in [1.29, 1.82) is 0 Å². The molecule has 0 spiro atoms. The molecule has 0 atom stereocenters. The van der Waals surface area contributed by atoms with Gasteiger partial charge in [-0.25, -0.2) is 13.4 Å². The maximum atomic E-state index is 12.3. The standard InChI is InChI=1S/C14H16N2O3S2/c1-11-15-7-14(20-11)21(17,18)16-8-12(9-16)10-19-13-5-3-2-4-6-13/h2-7,12H,8-10H2,1H3. The molecule has 1 fully saturated rings. The van der Waals surface area contributed by atoms with E-state index in [0.717, 1.165) is 10.8 Å². The number of hydrogen-bond donors (Lipinski definition) is 0. The van der Waals surface area contributed by atoms with Crippen LogP contribution in [0.5, 0.6) is 5.75 Å². The quantitative estimate of drug-likeness (QED) is 0.845. The van der Waals surface area contributed by atoms with E-state index in [0.29, 0.717) is 23.9 Å². The van der Waals surface area contributed by atoms with Crippen LogP contribution in [0, 0.1) is 12.8 Å². The molecule has 7 heteroatoms. The van der Waals surface area contributed by atoms with E-state index in [1.807, 2.05) is 30.3 Å². The summed E-state index contributed by atoms with van der Waals surface area (Å²) in [6, 6.07) is 9.56. The summed E-state index contributed by atoms with van der Waals surface area (Å²) in [7, 11) is -3.36. The Balaban J connectivity index is 1.54. The number of aromatic nitrogens is 1. The van der Waals surface area contributed by atoms with Crippen molar-refractivity contribution in [3.63, 3.8) is 0 Å². The highest BCUT2D eigenvalue weighted by molar-refractivity contribution is 7.91. The number of para-hydroxylation sites is 1. The average Bonchev–Trinajstić information content (AvgIpc) is 2.85. The molecular weight excluding hydrogens is 308 g/mol. The van der Waals surface area contributed by atoms with E-state index in [2.05, 4.69) is 4.98 Å². The van der Waals surface area contributed by atoms with Gasteiger partial charge in [0.25, 0.3) is 10.0 Å². The lowest BCUT2D eigenvalue weighted by atomic mass is 10.1. The molecule has 0 radical (unpaired) electrons. The predicted octanol–water partition coefficient (Wildman–Crippen LogP) is 2.15. The minimum Gasteiger partial charge on any atom is -0.493 e. The van der Waals surface area contributed by atoms with Gasteiger partial charge in [-0.15, -0.1) is 11.3 Å². The number of thiazole rings is 1. The first kappa shape index (κ1) is 14.5. The summed E-state index contributed by atoms with van der Waals surface area (Å²) >= 11 is 1.21. The van der Waals surface area contributed by atoms with Crippen LogP contribution in [-0.4, -0.2) is 37.4 Å². The molecule has 1 saturated heterocycles. The highest BCUT2D eigenvalue weighted by atomic mass is 32.2. The molecule has 2 aromatic rings. The molecule has 0 aliphatic carbocycles. The maximum absolute atomic E-state index is 12.3. The molecule has 1 aromatic heterocycles. The molecule has 2 heterocycles. The molecule has 0 N–H and O–H groups in total. The Morgan fingerprint density at radius 3 is 2.67 bits per heavy atom. The van der Waals surface area contributed by atoms with Crippen molar-refractivity contribution < 1.29 is 13.2 Å². The lowest BCUT2D eigenvalue weighted by Crippen LogP contribution is -2.51. The normalized spacial score (nSPS) is 16.6. The molecule has 112 valence electrons. The van der Waals surface area contributed by atoms with Crippen LogP contribution in [0.15, 0.2) is 40.7 Å². The van der Waals surface area contributed by atoms with E-state index in [-0.39, 0.29) is 5.92 Å². The zero-order valence-electron chi connectivity index (χ0n) is 11.6. The Morgan fingerprint density at radius 1 is 1.33 bits per heavy atom. The maximum Gasteiger partial charge on any atom is 0.254 e. The van der Waals surface area contributed by atoms with Crippen molar-refractivity contribution in [1.82, 2.24) is 9.29 Å². The lowest BCUT2D eigenvalue weighted by molar-refractivity contribution is 0.130. The van der Waals surface area contributed by atoms with E-state index < -0.39 is 10.0 Å². The number of rotatable bonds is 5. The van der Waals surface area contributed by atoms with Gasteiger partial charge in [0.2, 0.25) is 0 Å². The van der Waals surface area contributed by atoms with Crippen LogP contribution >= 0.6 is 11.3 Å². The number of ether oxygens (including phenoxy) is 1. The minimum absolute atomic E-state index is 0.244. The van der Waals surface area contributed by atoms with E-state index in [1.165, 1.54) is 21.8 Å². The predicted molar refractivity (Wildman–Crippen MR) is 81.0 cm³/mol. The average molecular weight is 324 g/mol. The molecule has 1 aromatic carbocycles. The second-order valence-electron chi connectivity index (χ2n) is 5.01. The van der Waals surface area contributed by atoms with Gasteiger partial charge in [-0.05, 0) is 19.1 Å². The monoisotopic (exact) mass is 324 g/mol. The molecule has 0 saturated carbocycles. The summed E-state index contributed by atoms with van der Waals surface area (Å²) in [6.07, 6.45) is 1.43. The summed E-state index contributed by atoms with van der Waals surface area (Å²) in [5.74, 6) is 1.06. The zero-order valence-corrected chi connectivity index (χ0v) is 13.2. The summed E-state index contributed by atoms with van der Waals surface area (Å²) in [4.78, 5) is 4.01. The topological polar surface area (TPSA) is 59.5 Å². The zero-order chi connectivity index (χ0) is 14.9. The van der Waals surface area contributed by atoms with Crippen LogP contribution in [0.2, 0.25) is 0 Å². The summed E-state index contributed by atoms with van der Waals surface area (Å²) in [6.45, 7) is 3.35. The fourth-order valence-corrected chi connectivity index (χ4v) is 5.00. The van der Waals surface area contributed by atoms with Crippen molar-refractivity contribution in [2.45, 2.75) is 11.1 Å². The van der Waals surface area contributed by atoms with Gasteiger partial charge >= 0.3 is 0 Å². The third-order valence-corrected chi connectivity index (χ3v) is 6.53. The first-order chi connectivity index (χ1) is 10.1. The smallest absolute Gasteiger partial charge is 0.254 e. The highest BCUT2D eigenvalue weighted by Gasteiger charge is 2.37. The second kappa shape index (κ2) is 5.75. The molecule has 0 bridgehead atoms. The van der Waals surface area contributed by atoms with Gasteiger partial charge < -0.3 is 4.74 Å². The largest absolute Gasteiger partial charge is 0.493 e. The highest BCUT2D eigenvalue weighted by Crippen LogP contribution is 2.28. The number of aryl methyl sites for hydroxylation is 1. The molecule has 0 unspecified atom stereocenters. The van der Waals surface area contributed by atoms with Crippen LogP contribution in [0.1, 0.15) is 5.01 Å². The first-order valence-corrected chi connectivity index (χ1v) is 8.92. The fourth-order valence-electron chi connectivity index (χ4n) is 2.14. The van der Waals surface area contributed by atoms with Crippen LogP contribution in [0.4, 0.5) is 0 Å². The third-order valence-electron chi connectivity index (χ3n) is 3.35. The van der Waals surface area contributed by atoms with Crippen LogP contribution in [0.25, 0.3) is 0 Å². The van der Waals surface area contributed by atoms with Gasteiger partial charge in [0.05, 0.1) is 17.8 Å². The van der Waals surface area contributed by atoms with Gasteiger partial charge in [0, 0.05) is 19.0 Å². The van der Waals surface area contributed by atoms with Crippen molar-refractivity contribution in [2.75, 3.05) is 19.7 Å². The van der Waals surface area contributed by atoms with Gasteiger partial charge in [-0.3, -0.25) is 0 Å². The Hall–Kier alpha value is -1.44. The first-order valence-electron chi connectivity index (χ1n) is 6.66. The van der Waals surface area contributed by atoms with Gasteiger partial charge in [-0.1, -0.05) is 18.2 Å². The van der Waals surface area contributed by atoms with Crippen molar-refractivity contribution in [2.24, 2.45) is 5.92 Å².